The zero-order valence-corrected chi connectivity index (χ0v) is 10.5. The molecular formula is C15H17S. The van der Waals surface area contributed by atoms with Crippen molar-refractivity contribution >= 4 is 22.5 Å². The Bertz CT molecular complexity index is 456. The first-order valence-electron chi connectivity index (χ1n) is 5.75. The first-order valence-corrected chi connectivity index (χ1v) is 6.80. The maximum atomic E-state index is 4.26. The molecule has 1 atom stereocenters. The number of rotatable bonds is 4. The van der Waals surface area contributed by atoms with Crippen molar-refractivity contribution in [1.82, 2.24) is 0 Å². The summed E-state index contributed by atoms with van der Waals surface area (Å²) in [6.07, 6.45) is 1.21. The standard InChI is InChI=1S/C15H17S/c1-3-11-16-12(2)14-10-6-8-13-7-4-5-9-15(13)14/h4-10,12H,2-3,11H2,1H3. The van der Waals surface area contributed by atoms with Gasteiger partial charge in [-0.2, -0.15) is 11.8 Å². The molecular weight excluding hydrogens is 212 g/mol. The second-order valence-electron chi connectivity index (χ2n) is 3.93. The average Bonchev–Trinajstić information content (AvgIpc) is 2.35. The van der Waals surface area contributed by atoms with E-state index >= 15 is 0 Å². The fourth-order valence-corrected chi connectivity index (χ4v) is 2.79. The van der Waals surface area contributed by atoms with Crippen LogP contribution in [-0.4, -0.2) is 5.75 Å². The lowest BCUT2D eigenvalue weighted by molar-refractivity contribution is 1.09. The molecule has 2 rings (SSSR count). The van der Waals surface area contributed by atoms with E-state index in [0.29, 0.717) is 5.25 Å². The molecule has 2 aromatic carbocycles. The summed E-state index contributed by atoms with van der Waals surface area (Å²) in [5.74, 6) is 1.18. The number of hydrogen-bond donors (Lipinski definition) is 0. The Morgan fingerprint density at radius 1 is 1.12 bits per heavy atom. The van der Waals surface area contributed by atoms with Gasteiger partial charge in [0.1, 0.15) is 0 Å². The maximum absolute atomic E-state index is 4.26. The fraction of sp³-hybridized carbons (Fsp3) is 0.267. The van der Waals surface area contributed by atoms with Crippen molar-refractivity contribution in [3.8, 4) is 0 Å². The summed E-state index contributed by atoms with van der Waals surface area (Å²) in [5.41, 5.74) is 1.36. The fourth-order valence-electron chi connectivity index (χ4n) is 1.88. The molecule has 0 saturated carbocycles. The number of fused-ring (bicyclic) bond motifs is 1. The van der Waals surface area contributed by atoms with Gasteiger partial charge < -0.3 is 0 Å². The first-order chi connectivity index (χ1) is 7.83. The van der Waals surface area contributed by atoms with E-state index in [-0.39, 0.29) is 0 Å². The van der Waals surface area contributed by atoms with Crippen molar-refractivity contribution < 1.29 is 0 Å². The van der Waals surface area contributed by atoms with E-state index in [2.05, 4.69) is 56.3 Å². The molecule has 16 heavy (non-hydrogen) atoms. The predicted molar refractivity (Wildman–Crippen MR) is 74.8 cm³/mol. The lowest BCUT2D eigenvalue weighted by Crippen LogP contribution is -1.91. The van der Waals surface area contributed by atoms with Gasteiger partial charge in [-0.25, -0.2) is 0 Å². The molecule has 0 nitrogen and oxygen atoms in total. The highest BCUT2D eigenvalue weighted by molar-refractivity contribution is 7.99. The van der Waals surface area contributed by atoms with Crippen LogP contribution in [0.3, 0.4) is 0 Å². The van der Waals surface area contributed by atoms with Gasteiger partial charge in [0.2, 0.25) is 0 Å². The molecule has 0 aliphatic heterocycles. The van der Waals surface area contributed by atoms with Crippen molar-refractivity contribution in [2.45, 2.75) is 18.6 Å². The van der Waals surface area contributed by atoms with Crippen LogP contribution in [0.5, 0.6) is 0 Å². The summed E-state index contributed by atoms with van der Waals surface area (Å²) < 4.78 is 0. The summed E-state index contributed by atoms with van der Waals surface area (Å²) in [7, 11) is 0. The molecule has 0 fully saturated rings. The van der Waals surface area contributed by atoms with Gasteiger partial charge in [0.05, 0.1) is 0 Å². The normalized spacial score (nSPS) is 12.9. The quantitative estimate of drug-likeness (QED) is 0.721. The van der Waals surface area contributed by atoms with Crippen molar-refractivity contribution in [3.63, 3.8) is 0 Å². The van der Waals surface area contributed by atoms with E-state index in [1.807, 2.05) is 11.8 Å². The van der Waals surface area contributed by atoms with Gasteiger partial charge in [0.25, 0.3) is 0 Å². The first kappa shape index (κ1) is 11.5. The van der Waals surface area contributed by atoms with Crippen molar-refractivity contribution in [1.29, 1.82) is 0 Å². The minimum Gasteiger partial charge on any atom is -0.154 e. The zero-order valence-electron chi connectivity index (χ0n) is 9.65. The van der Waals surface area contributed by atoms with Gasteiger partial charge in [-0.3, -0.25) is 0 Å². The van der Waals surface area contributed by atoms with E-state index in [1.54, 1.807) is 0 Å². The molecule has 1 unspecified atom stereocenters. The van der Waals surface area contributed by atoms with Crippen LogP contribution in [0.25, 0.3) is 10.8 Å². The molecule has 0 aliphatic rings. The lowest BCUT2D eigenvalue weighted by atomic mass is 10.0. The molecule has 2 aromatic rings. The molecule has 1 radical (unpaired) electrons. The van der Waals surface area contributed by atoms with Crippen molar-refractivity contribution in [2.24, 2.45) is 0 Å². The van der Waals surface area contributed by atoms with E-state index in [9.17, 15) is 0 Å². The van der Waals surface area contributed by atoms with Crippen LogP contribution in [0.15, 0.2) is 42.5 Å². The molecule has 0 aromatic heterocycles. The van der Waals surface area contributed by atoms with Gasteiger partial charge in [-0.05, 0) is 35.4 Å². The Morgan fingerprint density at radius 3 is 2.69 bits per heavy atom. The minimum atomic E-state index is 0.339. The highest BCUT2D eigenvalue weighted by Crippen LogP contribution is 2.33. The molecule has 0 heterocycles. The predicted octanol–water partition coefficient (Wildman–Crippen LogP) is 4.86. The topological polar surface area (TPSA) is 0 Å². The average molecular weight is 229 g/mol. The molecule has 0 N–H and O–H groups in total. The third-order valence-electron chi connectivity index (χ3n) is 2.69. The number of benzene rings is 2. The van der Waals surface area contributed by atoms with Crippen molar-refractivity contribution in [2.75, 3.05) is 5.75 Å². The summed E-state index contributed by atoms with van der Waals surface area (Å²) in [6.45, 7) is 6.47. The summed E-state index contributed by atoms with van der Waals surface area (Å²) in [6, 6.07) is 15.0. The van der Waals surface area contributed by atoms with Crippen LogP contribution < -0.4 is 0 Å². The highest BCUT2D eigenvalue weighted by atomic mass is 32.2. The molecule has 83 valence electrons. The lowest BCUT2D eigenvalue weighted by Gasteiger charge is -2.13. The Labute approximate surface area is 102 Å². The minimum absolute atomic E-state index is 0.339. The third-order valence-corrected chi connectivity index (χ3v) is 3.99. The molecule has 1 heteroatoms. The Morgan fingerprint density at radius 2 is 1.88 bits per heavy atom. The smallest absolute Gasteiger partial charge is 0.0303 e. The summed E-state index contributed by atoms with van der Waals surface area (Å²) in [5, 5.41) is 2.99. The number of thioether (sulfide) groups is 1. The van der Waals surface area contributed by atoms with E-state index in [4.69, 9.17) is 0 Å². The van der Waals surface area contributed by atoms with Crippen LogP contribution in [-0.2, 0) is 0 Å². The molecule has 0 bridgehead atoms. The number of hydrogen-bond acceptors (Lipinski definition) is 1. The molecule has 0 spiro atoms. The Kier molecular flexibility index (Phi) is 3.89. The Hall–Kier alpha value is -0.950. The largest absolute Gasteiger partial charge is 0.154 e. The zero-order chi connectivity index (χ0) is 11.4. The van der Waals surface area contributed by atoms with Crippen LogP contribution in [0.4, 0.5) is 0 Å². The van der Waals surface area contributed by atoms with Gasteiger partial charge in [-0.15, -0.1) is 0 Å². The van der Waals surface area contributed by atoms with Gasteiger partial charge >= 0.3 is 0 Å². The third kappa shape index (κ3) is 2.41. The SMILES string of the molecule is [CH2]C(SCCC)c1cccc2ccccc12. The Balaban J connectivity index is 2.36. The second kappa shape index (κ2) is 5.40. The van der Waals surface area contributed by atoms with Crippen LogP contribution in [0.1, 0.15) is 24.2 Å². The summed E-state index contributed by atoms with van der Waals surface area (Å²) in [4.78, 5) is 0. The van der Waals surface area contributed by atoms with Crippen LogP contribution in [0.2, 0.25) is 0 Å². The molecule has 0 amide bonds. The van der Waals surface area contributed by atoms with Gasteiger partial charge in [0.15, 0.2) is 0 Å². The van der Waals surface area contributed by atoms with Gasteiger partial charge in [-0.1, -0.05) is 49.4 Å². The monoisotopic (exact) mass is 229 g/mol. The van der Waals surface area contributed by atoms with Gasteiger partial charge in [0, 0.05) is 5.25 Å². The van der Waals surface area contributed by atoms with Crippen LogP contribution in [0, 0.1) is 6.92 Å². The summed E-state index contributed by atoms with van der Waals surface area (Å²) >= 11 is 1.93. The van der Waals surface area contributed by atoms with E-state index in [0.717, 1.165) is 0 Å². The highest BCUT2D eigenvalue weighted by Gasteiger charge is 2.08. The second-order valence-corrected chi connectivity index (χ2v) is 5.24. The van der Waals surface area contributed by atoms with E-state index in [1.165, 1.54) is 28.5 Å². The maximum Gasteiger partial charge on any atom is 0.0303 e. The van der Waals surface area contributed by atoms with Crippen LogP contribution >= 0.6 is 11.8 Å². The van der Waals surface area contributed by atoms with Crippen molar-refractivity contribution in [3.05, 3.63) is 55.0 Å². The molecule has 0 saturated heterocycles. The molecule has 0 aliphatic carbocycles. The van der Waals surface area contributed by atoms with E-state index < -0.39 is 0 Å².